The minimum absolute atomic E-state index is 0.101. The first-order valence-electron chi connectivity index (χ1n) is 6.96. The van der Waals surface area contributed by atoms with Gasteiger partial charge in [0.05, 0.1) is 0 Å². The molecule has 0 radical (unpaired) electrons. The van der Waals surface area contributed by atoms with Crippen molar-refractivity contribution in [3.05, 3.63) is 75.9 Å². The first-order chi connectivity index (χ1) is 11.4. The first kappa shape index (κ1) is 15.9. The lowest BCUT2D eigenvalue weighted by atomic mass is 10.0. The van der Waals surface area contributed by atoms with Gasteiger partial charge in [0, 0.05) is 5.56 Å². The molecule has 3 rings (SSSR count). The van der Waals surface area contributed by atoms with Crippen LogP contribution in [-0.2, 0) is 0 Å². The molecule has 0 spiro atoms. The van der Waals surface area contributed by atoms with Gasteiger partial charge in [-0.15, -0.1) is 0 Å². The molecule has 0 saturated heterocycles. The van der Waals surface area contributed by atoms with Crippen molar-refractivity contribution in [2.45, 2.75) is 6.92 Å². The Balaban J connectivity index is 2.23. The fraction of sp³-hybridized carbons (Fsp3) is 0.0556. The zero-order valence-electron chi connectivity index (χ0n) is 12.4. The van der Waals surface area contributed by atoms with Gasteiger partial charge >= 0.3 is 5.63 Å². The van der Waals surface area contributed by atoms with E-state index in [0.29, 0.717) is 5.56 Å². The Morgan fingerprint density at radius 1 is 0.958 bits per heavy atom. The summed E-state index contributed by atoms with van der Waals surface area (Å²) in [5, 5.41) is 10.1. The van der Waals surface area contributed by atoms with Gasteiger partial charge in [0.15, 0.2) is 11.5 Å². The molecule has 0 saturated carbocycles. The largest absolute Gasteiger partial charge is 0.504 e. The monoisotopic (exact) mass is 332 g/mol. The van der Waals surface area contributed by atoms with Crippen LogP contribution in [0.15, 0.2) is 51.7 Å². The lowest BCUT2D eigenvalue weighted by molar-refractivity contribution is 0.402. The summed E-state index contributed by atoms with van der Waals surface area (Å²) in [4.78, 5) is 12.2. The molecule has 0 aliphatic heterocycles. The highest BCUT2D eigenvalue weighted by molar-refractivity contribution is 5.74. The van der Waals surface area contributed by atoms with E-state index in [4.69, 9.17) is 4.42 Å². The average molecular weight is 332 g/mol. The van der Waals surface area contributed by atoms with E-state index in [2.05, 4.69) is 0 Å². The Bertz CT molecular complexity index is 976. The molecule has 122 valence electrons. The molecule has 3 aromatic rings. The third-order valence-corrected chi connectivity index (χ3v) is 3.61. The van der Waals surface area contributed by atoms with Crippen LogP contribution in [0.25, 0.3) is 22.5 Å². The Kier molecular flexibility index (Phi) is 3.89. The van der Waals surface area contributed by atoms with Gasteiger partial charge in [-0.3, -0.25) is 0 Å². The molecular formula is C18H11F3O3. The van der Waals surface area contributed by atoms with Crippen LogP contribution in [0.5, 0.6) is 5.75 Å². The summed E-state index contributed by atoms with van der Waals surface area (Å²) in [5.41, 5.74) is -0.777. The zero-order chi connectivity index (χ0) is 17.4. The van der Waals surface area contributed by atoms with Crippen LogP contribution in [0.2, 0.25) is 0 Å². The van der Waals surface area contributed by atoms with Crippen molar-refractivity contribution >= 4 is 0 Å². The average Bonchev–Trinajstić information content (AvgIpc) is 2.54. The molecule has 0 aliphatic carbocycles. The van der Waals surface area contributed by atoms with Gasteiger partial charge in [-0.25, -0.2) is 13.6 Å². The number of hydrogen-bond donors (Lipinski definition) is 1. The Labute approximate surface area is 134 Å². The molecule has 1 aromatic heterocycles. The highest BCUT2D eigenvalue weighted by atomic mass is 19.1. The highest BCUT2D eigenvalue weighted by Crippen LogP contribution is 2.35. The van der Waals surface area contributed by atoms with E-state index in [1.54, 1.807) is 0 Å². The van der Waals surface area contributed by atoms with Crippen molar-refractivity contribution in [3.8, 4) is 28.2 Å². The normalized spacial score (nSPS) is 10.8. The van der Waals surface area contributed by atoms with Crippen molar-refractivity contribution in [3.63, 3.8) is 0 Å². The van der Waals surface area contributed by atoms with Gasteiger partial charge in [0.2, 0.25) is 5.82 Å². The number of halogens is 3. The van der Waals surface area contributed by atoms with Crippen molar-refractivity contribution in [1.82, 2.24) is 0 Å². The van der Waals surface area contributed by atoms with Crippen LogP contribution in [-0.4, -0.2) is 5.11 Å². The molecule has 2 aromatic carbocycles. The molecule has 0 fully saturated rings. The summed E-state index contributed by atoms with van der Waals surface area (Å²) in [6.07, 6.45) is 0. The second-order valence-electron chi connectivity index (χ2n) is 5.22. The van der Waals surface area contributed by atoms with Crippen LogP contribution in [0.4, 0.5) is 13.2 Å². The maximum absolute atomic E-state index is 14.5. The van der Waals surface area contributed by atoms with E-state index in [1.807, 2.05) is 0 Å². The Morgan fingerprint density at radius 3 is 2.21 bits per heavy atom. The van der Waals surface area contributed by atoms with Gasteiger partial charge in [0.1, 0.15) is 17.2 Å². The molecule has 3 nitrogen and oxygen atoms in total. The van der Waals surface area contributed by atoms with E-state index < -0.39 is 40.2 Å². The SMILES string of the molecule is Cc1cc(F)ccc1-c1c(O)c(F)c(-c2ccc(F)cc2)oc1=O. The quantitative estimate of drug-likeness (QED) is 0.756. The standard InChI is InChI=1S/C18H11F3O3/c1-9-8-12(20)6-7-13(9)14-16(22)15(21)17(24-18(14)23)10-2-4-11(19)5-3-10/h2-8,22H,1H3. The van der Waals surface area contributed by atoms with Gasteiger partial charge in [-0.2, -0.15) is 4.39 Å². The van der Waals surface area contributed by atoms with Gasteiger partial charge in [-0.05, 0) is 54.4 Å². The minimum atomic E-state index is -1.15. The third kappa shape index (κ3) is 2.67. The number of aryl methyl sites for hydroxylation is 1. The third-order valence-electron chi connectivity index (χ3n) is 3.61. The fourth-order valence-corrected chi connectivity index (χ4v) is 2.43. The second kappa shape index (κ2) is 5.88. The molecule has 0 bridgehead atoms. The summed E-state index contributed by atoms with van der Waals surface area (Å²) in [5.74, 6) is -3.62. The number of rotatable bonds is 2. The zero-order valence-corrected chi connectivity index (χ0v) is 12.4. The number of hydrogen-bond acceptors (Lipinski definition) is 3. The van der Waals surface area contributed by atoms with E-state index in [9.17, 15) is 23.1 Å². The van der Waals surface area contributed by atoms with Crippen LogP contribution < -0.4 is 5.63 Å². The summed E-state index contributed by atoms with van der Waals surface area (Å²) in [7, 11) is 0. The number of aromatic hydroxyl groups is 1. The van der Waals surface area contributed by atoms with Crippen molar-refractivity contribution < 1.29 is 22.7 Å². The predicted octanol–water partition coefficient (Wildman–Crippen LogP) is 4.41. The topological polar surface area (TPSA) is 50.4 Å². The van der Waals surface area contributed by atoms with Crippen LogP contribution in [0, 0.1) is 24.4 Å². The minimum Gasteiger partial charge on any atom is -0.504 e. The van der Waals surface area contributed by atoms with Crippen LogP contribution in [0.1, 0.15) is 5.56 Å². The molecular weight excluding hydrogens is 321 g/mol. The molecule has 6 heteroatoms. The maximum Gasteiger partial charge on any atom is 0.348 e. The van der Waals surface area contributed by atoms with Crippen molar-refractivity contribution in [1.29, 1.82) is 0 Å². The smallest absolute Gasteiger partial charge is 0.348 e. The van der Waals surface area contributed by atoms with Crippen LogP contribution >= 0.6 is 0 Å². The maximum atomic E-state index is 14.5. The van der Waals surface area contributed by atoms with E-state index in [-0.39, 0.29) is 11.1 Å². The molecule has 0 amide bonds. The van der Waals surface area contributed by atoms with Crippen LogP contribution in [0.3, 0.4) is 0 Å². The van der Waals surface area contributed by atoms with E-state index in [0.717, 1.165) is 24.3 Å². The van der Waals surface area contributed by atoms with E-state index >= 15 is 0 Å². The van der Waals surface area contributed by atoms with Gasteiger partial charge in [0.25, 0.3) is 0 Å². The summed E-state index contributed by atoms with van der Waals surface area (Å²) >= 11 is 0. The second-order valence-corrected chi connectivity index (χ2v) is 5.22. The predicted molar refractivity (Wildman–Crippen MR) is 82.1 cm³/mol. The lowest BCUT2D eigenvalue weighted by Gasteiger charge is -2.10. The molecule has 0 atom stereocenters. The van der Waals surface area contributed by atoms with E-state index in [1.165, 1.54) is 25.1 Å². The summed E-state index contributed by atoms with van der Waals surface area (Å²) in [6, 6.07) is 8.09. The lowest BCUT2D eigenvalue weighted by Crippen LogP contribution is -2.07. The molecule has 0 aliphatic rings. The first-order valence-corrected chi connectivity index (χ1v) is 6.96. The van der Waals surface area contributed by atoms with Gasteiger partial charge < -0.3 is 9.52 Å². The van der Waals surface area contributed by atoms with Gasteiger partial charge in [-0.1, -0.05) is 6.07 Å². The molecule has 1 heterocycles. The summed E-state index contributed by atoms with van der Waals surface area (Å²) in [6.45, 7) is 1.52. The van der Waals surface area contributed by atoms with Crippen molar-refractivity contribution in [2.75, 3.05) is 0 Å². The van der Waals surface area contributed by atoms with Crippen molar-refractivity contribution in [2.24, 2.45) is 0 Å². The fourth-order valence-electron chi connectivity index (χ4n) is 2.43. The Hall–Kier alpha value is -3.02. The molecule has 24 heavy (non-hydrogen) atoms. The molecule has 0 unspecified atom stereocenters. The Morgan fingerprint density at radius 2 is 1.58 bits per heavy atom. The number of benzene rings is 2. The highest BCUT2D eigenvalue weighted by Gasteiger charge is 2.23. The molecule has 1 N–H and O–H groups in total. The summed E-state index contributed by atoms with van der Waals surface area (Å²) < 4.78 is 45.6.